The predicted octanol–water partition coefficient (Wildman–Crippen LogP) is 3.01. The number of nitrogens with one attached hydrogen (secondary N) is 3. The maximum absolute atomic E-state index is 14.2. The standard InChI is InChI=1S/C19H16FN5O/c20-15-10-12(26)6-7-13(15)16(21)14-8-9-24-18(14)17(25-19(22)23)11-4-2-1-3-5-11/h1-10,21,24,26H,(H3,22,23)/b21-16?,25-17-. The van der Waals surface area contributed by atoms with Gasteiger partial charge in [0.1, 0.15) is 11.6 Å². The third-order valence-electron chi connectivity index (χ3n) is 3.75. The number of halogens is 1. The van der Waals surface area contributed by atoms with Crippen LogP contribution in [-0.4, -0.2) is 27.5 Å². The van der Waals surface area contributed by atoms with Crippen LogP contribution in [0.5, 0.6) is 5.75 Å². The zero-order valence-corrected chi connectivity index (χ0v) is 13.6. The number of phenolic OH excluding ortho intramolecular Hbond substituents is 1. The van der Waals surface area contributed by atoms with E-state index >= 15 is 0 Å². The van der Waals surface area contributed by atoms with Crippen molar-refractivity contribution in [1.82, 2.24) is 4.98 Å². The summed E-state index contributed by atoms with van der Waals surface area (Å²) in [6.45, 7) is 0. The number of H-pyrrole nitrogens is 1. The number of hydrogen-bond acceptors (Lipinski definition) is 3. The maximum Gasteiger partial charge on any atom is 0.213 e. The van der Waals surface area contributed by atoms with Crippen LogP contribution in [0.3, 0.4) is 0 Å². The lowest BCUT2D eigenvalue weighted by atomic mass is 9.97. The van der Waals surface area contributed by atoms with Gasteiger partial charge in [-0.15, -0.1) is 0 Å². The van der Waals surface area contributed by atoms with E-state index < -0.39 is 5.82 Å². The van der Waals surface area contributed by atoms with Crippen LogP contribution in [0.15, 0.2) is 65.8 Å². The van der Waals surface area contributed by atoms with Gasteiger partial charge >= 0.3 is 0 Å². The lowest BCUT2D eigenvalue weighted by molar-refractivity contribution is 0.469. The average molecular weight is 349 g/mol. The molecule has 7 heteroatoms. The highest BCUT2D eigenvalue weighted by Crippen LogP contribution is 2.22. The summed E-state index contributed by atoms with van der Waals surface area (Å²) in [6.07, 6.45) is 1.61. The summed E-state index contributed by atoms with van der Waals surface area (Å²) < 4.78 is 14.2. The highest BCUT2D eigenvalue weighted by molar-refractivity contribution is 6.23. The molecule has 1 heterocycles. The van der Waals surface area contributed by atoms with Gasteiger partial charge in [0, 0.05) is 29.0 Å². The number of aliphatic imine (C=N–C) groups is 1. The lowest BCUT2D eigenvalue weighted by Gasteiger charge is -2.10. The monoisotopic (exact) mass is 349 g/mol. The summed E-state index contributed by atoms with van der Waals surface area (Å²) in [5.74, 6) is -1.30. The topological polar surface area (TPSA) is 122 Å². The van der Waals surface area contributed by atoms with Crippen molar-refractivity contribution in [3.63, 3.8) is 0 Å². The van der Waals surface area contributed by atoms with Crippen LogP contribution in [0, 0.1) is 16.6 Å². The van der Waals surface area contributed by atoms with E-state index in [1.165, 1.54) is 12.1 Å². The molecule has 0 bridgehead atoms. The number of guanidine groups is 1. The number of benzene rings is 2. The number of phenols is 1. The quantitative estimate of drug-likeness (QED) is 0.367. The molecule has 0 spiro atoms. The summed E-state index contributed by atoms with van der Waals surface area (Å²) in [7, 11) is 0. The maximum atomic E-state index is 14.2. The summed E-state index contributed by atoms with van der Waals surface area (Å²) in [4.78, 5) is 7.07. The molecule has 3 rings (SSSR count). The smallest absolute Gasteiger partial charge is 0.213 e. The van der Waals surface area contributed by atoms with E-state index in [0.717, 1.165) is 6.07 Å². The number of hydrogen-bond donors (Lipinski definition) is 5. The molecule has 0 fully saturated rings. The van der Waals surface area contributed by atoms with Gasteiger partial charge in [-0.25, -0.2) is 9.38 Å². The first kappa shape index (κ1) is 17.1. The van der Waals surface area contributed by atoms with E-state index in [-0.39, 0.29) is 23.0 Å². The molecule has 2 aromatic carbocycles. The lowest BCUT2D eigenvalue weighted by Crippen LogP contribution is -2.16. The van der Waals surface area contributed by atoms with Crippen LogP contribution in [0.4, 0.5) is 4.39 Å². The Labute approximate surface area is 148 Å². The molecule has 0 atom stereocenters. The Bertz CT molecular complexity index is 1010. The van der Waals surface area contributed by atoms with Crippen LogP contribution >= 0.6 is 0 Å². The van der Waals surface area contributed by atoms with E-state index in [4.69, 9.17) is 16.6 Å². The SMILES string of the molecule is N=C(N)/N=C(/c1ccccc1)c1[nH]ccc1C(=N)c1ccc(O)cc1F. The van der Waals surface area contributed by atoms with E-state index in [1.807, 2.05) is 18.2 Å². The van der Waals surface area contributed by atoms with Gasteiger partial charge in [0.15, 0.2) is 0 Å². The summed E-state index contributed by atoms with van der Waals surface area (Å²) in [5.41, 5.74) is 7.34. The van der Waals surface area contributed by atoms with Crippen LogP contribution in [-0.2, 0) is 0 Å². The minimum absolute atomic E-state index is 0.0406. The Morgan fingerprint density at radius 1 is 1.04 bits per heavy atom. The van der Waals surface area contributed by atoms with E-state index in [9.17, 15) is 9.50 Å². The second-order valence-corrected chi connectivity index (χ2v) is 5.52. The molecule has 0 aliphatic carbocycles. The molecule has 3 aromatic rings. The zero-order valence-electron chi connectivity index (χ0n) is 13.6. The van der Waals surface area contributed by atoms with Crippen molar-refractivity contribution >= 4 is 17.4 Å². The molecular weight excluding hydrogens is 333 g/mol. The van der Waals surface area contributed by atoms with E-state index in [0.29, 0.717) is 22.5 Å². The number of rotatable bonds is 4. The van der Waals surface area contributed by atoms with Gasteiger partial charge in [0.25, 0.3) is 0 Å². The predicted molar refractivity (Wildman–Crippen MR) is 98.8 cm³/mol. The Balaban J connectivity index is 2.12. The Hall–Kier alpha value is -3.74. The van der Waals surface area contributed by atoms with Crippen molar-refractivity contribution in [3.05, 3.63) is 89.0 Å². The molecule has 0 unspecified atom stereocenters. The zero-order chi connectivity index (χ0) is 18.7. The fraction of sp³-hybridized carbons (Fsp3) is 0. The third-order valence-corrected chi connectivity index (χ3v) is 3.75. The van der Waals surface area contributed by atoms with E-state index in [1.54, 1.807) is 24.4 Å². The number of nitrogens with two attached hydrogens (primary N) is 1. The first-order chi connectivity index (χ1) is 12.5. The molecule has 0 aliphatic heterocycles. The van der Waals surface area contributed by atoms with Crippen molar-refractivity contribution < 1.29 is 9.50 Å². The van der Waals surface area contributed by atoms with Crippen LogP contribution in [0.1, 0.15) is 22.4 Å². The van der Waals surface area contributed by atoms with Gasteiger partial charge < -0.3 is 15.8 Å². The second-order valence-electron chi connectivity index (χ2n) is 5.52. The minimum Gasteiger partial charge on any atom is -0.508 e. The first-order valence-electron chi connectivity index (χ1n) is 7.71. The van der Waals surface area contributed by atoms with Crippen molar-refractivity contribution in [2.24, 2.45) is 10.7 Å². The molecule has 0 amide bonds. The highest BCUT2D eigenvalue weighted by atomic mass is 19.1. The molecule has 26 heavy (non-hydrogen) atoms. The summed E-state index contributed by atoms with van der Waals surface area (Å²) >= 11 is 0. The molecule has 0 saturated carbocycles. The van der Waals surface area contributed by atoms with Gasteiger partial charge in [-0.05, 0) is 18.2 Å². The Morgan fingerprint density at radius 2 is 1.77 bits per heavy atom. The summed E-state index contributed by atoms with van der Waals surface area (Å²) in [6, 6.07) is 14.3. The molecule has 6 N–H and O–H groups in total. The summed E-state index contributed by atoms with van der Waals surface area (Å²) in [5, 5.41) is 25.3. The van der Waals surface area contributed by atoms with Gasteiger partial charge in [-0.2, -0.15) is 0 Å². The molecule has 0 aliphatic rings. The van der Waals surface area contributed by atoms with Crippen molar-refractivity contribution in [1.29, 1.82) is 10.8 Å². The molecular formula is C19H16FN5O. The van der Waals surface area contributed by atoms with Gasteiger partial charge in [0.05, 0.1) is 17.1 Å². The van der Waals surface area contributed by atoms with Crippen LogP contribution in [0.2, 0.25) is 0 Å². The minimum atomic E-state index is -0.702. The molecule has 6 nitrogen and oxygen atoms in total. The van der Waals surface area contributed by atoms with Crippen LogP contribution in [0.25, 0.3) is 0 Å². The molecule has 1 aromatic heterocycles. The number of aromatic nitrogens is 1. The fourth-order valence-corrected chi connectivity index (χ4v) is 2.61. The molecule has 130 valence electrons. The fourth-order valence-electron chi connectivity index (χ4n) is 2.61. The Morgan fingerprint density at radius 3 is 2.42 bits per heavy atom. The second kappa shape index (κ2) is 7.02. The average Bonchev–Trinajstić information content (AvgIpc) is 3.09. The van der Waals surface area contributed by atoms with Gasteiger partial charge in [-0.3, -0.25) is 10.8 Å². The molecule has 0 saturated heterocycles. The largest absolute Gasteiger partial charge is 0.508 e. The van der Waals surface area contributed by atoms with Crippen molar-refractivity contribution in [2.45, 2.75) is 0 Å². The Kier molecular flexibility index (Phi) is 4.62. The number of aromatic amines is 1. The first-order valence-corrected chi connectivity index (χ1v) is 7.71. The molecule has 0 radical (unpaired) electrons. The number of aromatic hydroxyl groups is 1. The normalized spacial score (nSPS) is 11.3. The van der Waals surface area contributed by atoms with Crippen molar-refractivity contribution in [3.8, 4) is 5.75 Å². The van der Waals surface area contributed by atoms with E-state index in [2.05, 4.69) is 9.98 Å². The van der Waals surface area contributed by atoms with Gasteiger partial charge in [-0.1, -0.05) is 30.3 Å². The number of nitrogens with zero attached hydrogens (tertiary/aromatic N) is 1. The third kappa shape index (κ3) is 3.36. The van der Waals surface area contributed by atoms with Gasteiger partial charge in [0.2, 0.25) is 5.96 Å². The van der Waals surface area contributed by atoms with Crippen LogP contribution < -0.4 is 5.73 Å². The highest BCUT2D eigenvalue weighted by Gasteiger charge is 2.19. The van der Waals surface area contributed by atoms with Crippen molar-refractivity contribution in [2.75, 3.05) is 0 Å².